The van der Waals surface area contributed by atoms with E-state index in [1.807, 2.05) is 0 Å². The Balaban J connectivity index is 2.26. The number of fused-ring (bicyclic) bond motifs is 1. The molecule has 0 amide bonds. The lowest BCUT2D eigenvalue weighted by atomic mass is 10.1. The summed E-state index contributed by atoms with van der Waals surface area (Å²) < 4.78 is 9.74. The standard InChI is InChI=1S/C14H13N5O4/c1-6-17-13(19-18-6)11-10-9(8(22-2)5-16-11)7(4-15-10)12(20)14(21)23-3/h4-5,15H,1-3H3,(H,17,18,19). The third kappa shape index (κ3) is 2.31. The number of aromatic nitrogens is 5. The number of nitrogens with zero attached hydrogens (tertiary/aromatic N) is 3. The van der Waals surface area contributed by atoms with Crippen molar-refractivity contribution < 1.29 is 19.1 Å². The highest BCUT2D eigenvalue weighted by Gasteiger charge is 2.25. The van der Waals surface area contributed by atoms with Crippen LogP contribution in [0, 0.1) is 6.92 Å². The van der Waals surface area contributed by atoms with Crippen LogP contribution < -0.4 is 4.74 Å². The van der Waals surface area contributed by atoms with Crippen LogP contribution in [0.4, 0.5) is 0 Å². The summed E-state index contributed by atoms with van der Waals surface area (Å²) in [6.45, 7) is 1.76. The molecule has 0 radical (unpaired) electrons. The third-order valence-electron chi connectivity index (χ3n) is 3.33. The fraction of sp³-hybridized carbons (Fsp3) is 0.214. The number of pyridine rings is 1. The average molecular weight is 315 g/mol. The van der Waals surface area contributed by atoms with E-state index in [4.69, 9.17) is 4.74 Å². The molecule has 0 aliphatic carbocycles. The maximum Gasteiger partial charge on any atom is 0.379 e. The fourth-order valence-corrected chi connectivity index (χ4v) is 2.29. The zero-order valence-corrected chi connectivity index (χ0v) is 12.6. The van der Waals surface area contributed by atoms with Crippen molar-refractivity contribution in [2.75, 3.05) is 14.2 Å². The number of carbonyl (C=O) groups is 2. The second-order valence-corrected chi connectivity index (χ2v) is 4.71. The van der Waals surface area contributed by atoms with E-state index in [0.29, 0.717) is 34.0 Å². The van der Waals surface area contributed by atoms with E-state index in [2.05, 4.69) is 29.9 Å². The van der Waals surface area contributed by atoms with Crippen molar-refractivity contribution in [1.29, 1.82) is 0 Å². The number of hydrogen-bond acceptors (Lipinski definition) is 7. The van der Waals surface area contributed by atoms with Crippen LogP contribution in [0.25, 0.3) is 22.4 Å². The quantitative estimate of drug-likeness (QED) is 0.418. The molecule has 0 fully saturated rings. The Morgan fingerprint density at radius 1 is 1.22 bits per heavy atom. The molecule has 0 saturated carbocycles. The summed E-state index contributed by atoms with van der Waals surface area (Å²) in [4.78, 5) is 33.9. The second-order valence-electron chi connectivity index (χ2n) is 4.71. The molecule has 0 aliphatic rings. The molecule has 3 aromatic rings. The van der Waals surface area contributed by atoms with Crippen LogP contribution >= 0.6 is 0 Å². The fourth-order valence-electron chi connectivity index (χ4n) is 2.29. The minimum Gasteiger partial charge on any atom is -0.494 e. The molecule has 2 N–H and O–H groups in total. The first kappa shape index (κ1) is 14.7. The first-order valence-electron chi connectivity index (χ1n) is 6.63. The highest BCUT2D eigenvalue weighted by molar-refractivity contribution is 6.43. The van der Waals surface area contributed by atoms with Gasteiger partial charge in [0.25, 0.3) is 5.78 Å². The summed E-state index contributed by atoms with van der Waals surface area (Å²) in [5, 5.41) is 8.32. The van der Waals surface area contributed by atoms with Crippen LogP contribution in [0.1, 0.15) is 16.2 Å². The Kier molecular flexibility index (Phi) is 3.53. The highest BCUT2D eigenvalue weighted by atomic mass is 16.5. The van der Waals surface area contributed by atoms with Gasteiger partial charge in [-0.25, -0.2) is 9.78 Å². The topological polar surface area (TPSA) is 123 Å². The Morgan fingerprint density at radius 2 is 2.00 bits per heavy atom. The number of H-pyrrole nitrogens is 2. The van der Waals surface area contributed by atoms with Gasteiger partial charge in [-0.2, -0.15) is 0 Å². The molecule has 0 saturated heterocycles. The lowest BCUT2D eigenvalue weighted by molar-refractivity contribution is -0.135. The predicted octanol–water partition coefficient (Wildman–Crippen LogP) is 1.02. The third-order valence-corrected chi connectivity index (χ3v) is 3.33. The molecular formula is C14H13N5O4. The molecule has 0 aromatic carbocycles. The van der Waals surface area contributed by atoms with Crippen molar-refractivity contribution in [3.8, 4) is 17.3 Å². The minimum atomic E-state index is -0.957. The molecule has 0 bridgehead atoms. The summed E-state index contributed by atoms with van der Waals surface area (Å²) in [6, 6.07) is 0. The van der Waals surface area contributed by atoms with E-state index in [0.717, 1.165) is 7.11 Å². The minimum absolute atomic E-state index is 0.142. The van der Waals surface area contributed by atoms with Gasteiger partial charge in [-0.1, -0.05) is 0 Å². The van der Waals surface area contributed by atoms with Crippen LogP contribution in [0.15, 0.2) is 12.4 Å². The summed E-state index contributed by atoms with van der Waals surface area (Å²) in [5.41, 5.74) is 1.11. The molecule has 0 spiro atoms. The summed E-state index contributed by atoms with van der Waals surface area (Å²) >= 11 is 0. The van der Waals surface area contributed by atoms with Gasteiger partial charge in [0, 0.05) is 6.20 Å². The van der Waals surface area contributed by atoms with E-state index in [1.165, 1.54) is 19.5 Å². The number of aryl methyl sites for hydroxylation is 1. The van der Waals surface area contributed by atoms with Crippen molar-refractivity contribution in [2.45, 2.75) is 6.92 Å². The van der Waals surface area contributed by atoms with Gasteiger partial charge in [0.15, 0.2) is 5.82 Å². The summed E-state index contributed by atoms with van der Waals surface area (Å²) in [5.74, 6) is -0.310. The van der Waals surface area contributed by atoms with Crippen molar-refractivity contribution in [1.82, 2.24) is 25.1 Å². The van der Waals surface area contributed by atoms with Gasteiger partial charge >= 0.3 is 5.97 Å². The largest absolute Gasteiger partial charge is 0.494 e. The molecule has 3 aromatic heterocycles. The summed E-state index contributed by atoms with van der Waals surface area (Å²) in [7, 11) is 2.60. The number of hydrogen-bond donors (Lipinski definition) is 2. The lowest BCUT2D eigenvalue weighted by Crippen LogP contribution is -2.15. The lowest BCUT2D eigenvalue weighted by Gasteiger charge is -2.06. The van der Waals surface area contributed by atoms with Crippen LogP contribution in [0.3, 0.4) is 0 Å². The highest BCUT2D eigenvalue weighted by Crippen LogP contribution is 2.33. The van der Waals surface area contributed by atoms with Crippen LogP contribution in [-0.4, -0.2) is 51.1 Å². The molecule has 3 rings (SSSR count). The van der Waals surface area contributed by atoms with E-state index in [-0.39, 0.29) is 5.56 Å². The first-order chi connectivity index (χ1) is 11.1. The Labute approximate surface area is 130 Å². The van der Waals surface area contributed by atoms with E-state index in [9.17, 15) is 9.59 Å². The maximum atomic E-state index is 12.2. The first-order valence-corrected chi connectivity index (χ1v) is 6.63. The number of rotatable bonds is 4. The molecular weight excluding hydrogens is 302 g/mol. The Bertz CT molecular complexity index is 911. The van der Waals surface area contributed by atoms with Gasteiger partial charge in [0.1, 0.15) is 17.3 Å². The maximum absolute atomic E-state index is 12.2. The van der Waals surface area contributed by atoms with Gasteiger partial charge in [0.05, 0.1) is 36.9 Å². The second kappa shape index (κ2) is 5.52. The number of ketones is 1. The molecule has 9 heteroatoms. The van der Waals surface area contributed by atoms with Gasteiger partial charge in [-0.15, -0.1) is 10.2 Å². The zero-order valence-electron chi connectivity index (χ0n) is 12.6. The number of ether oxygens (including phenoxy) is 2. The number of esters is 1. The number of aromatic amines is 2. The van der Waals surface area contributed by atoms with Gasteiger partial charge in [0.2, 0.25) is 0 Å². The predicted molar refractivity (Wildman–Crippen MR) is 79.1 cm³/mol. The number of carbonyl (C=O) groups excluding carboxylic acids is 2. The molecule has 0 aliphatic heterocycles. The monoisotopic (exact) mass is 315 g/mol. The SMILES string of the molecule is COC(=O)C(=O)c1c[nH]c2c(-c3nnc(C)[nH]3)ncc(OC)c12. The molecule has 0 atom stereocenters. The van der Waals surface area contributed by atoms with Gasteiger partial charge in [-0.05, 0) is 6.92 Å². The normalized spacial score (nSPS) is 10.7. The Hall–Kier alpha value is -3.23. The molecule has 118 valence electrons. The average Bonchev–Trinajstić information content (AvgIpc) is 3.19. The van der Waals surface area contributed by atoms with Crippen molar-refractivity contribution in [3.63, 3.8) is 0 Å². The number of Topliss-reactive ketones (excluding diaryl/α,β-unsaturated/α-hetero) is 1. The van der Waals surface area contributed by atoms with Crippen LogP contribution in [-0.2, 0) is 9.53 Å². The molecule has 23 heavy (non-hydrogen) atoms. The molecule has 0 unspecified atom stereocenters. The zero-order chi connectivity index (χ0) is 16.6. The molecule has 3 heterocycles. The van der Waals surface area contributed by atoms with Crippen molar-refractivity contribution >= 4 is 22.7 Å². The van der Waals surface area contributed by atoms with Crippen LogP contribution in [0.2, 0.25) is 0 Å². The van der Waals surface area contributed by atoms with Crippen LogP contribution in [0.5, 0.6) is 5.75 Å². The summed E-state index contributed by atoms with van der Waals surface area (Å²) in [6.07, 6.45) is 2.87. The van der Waals surface area contributed by atoms with Gasteiger partial charge in [-0.3, -0.25) is 4.79 Å². The van der Waals surface area contributed by atoms with Gasteiger partial charge < -0.3 is 19.4 Å². The number of methoxy groups -OCH3 is 2. The smallest absolute Gasteiger partial charge is 0.379 e. The van der Waals surface area contributed by atoms with E-state index >= 15 is 0 Å². The Morgan fingerprint density at radius 3 is 2.61 bits per heavy atom. The van der Waals surface area contributed by atoms with E-state index in [1.54, 1.807) is 6.92 Å². The molecule has 9 nitrogen and oxygen atoms in total. The van der Waals surface area contributed by atoms with Crippen molar-refractivity contribution in [3.05, 3.63) is 23.8 Å². The number of nitrogens with one attached hydrogen (secondary N) is 2. The van der Waals surface area contributed by atoms with E-state index < -0.39 is 11.8 Å². The van der Waals surface area contributed by atoms with Crippen molar-refractivity contribution in [2.24, 2.45) is 0 Å².